The average Bonchev–Trinajstić information content (AvgIpc) is 2.89. The predicted octanol–water partition coefficient (Wildman–Crippen LogP) is 4.93. The Kier molecular flexibility index (Phi) is 6.30. The molecule has 0 radical (unpaired) electrons. The molecule has 5 rings (SSSR count). The van der Waals surface area contributed by atoms with E-state index in [0.717, 1.165) is 11.1 Å². The van der Waals surface area contributed by atoms with Gasteiger partial charge in [-0.05, 0) is 61.5 Å². The number of benzene rings is 3. The zero-order valence-electron chi connectivity index (χ0n) is 19.4. The standard InChI is InChI=1S/C27H26FN3O3S/c1-2-34-22-12-13-25-24(18-22)27(26(19-29-25)35(32,33)23-6-4-3-5-7-23)31-16-14-30(15-17-31)21-10-8-20(28)9-11-21/h3-13,18-19H,2,14-17H2,1H3. The van der Waals surface area contributed by atoms with Crippen LogP contribution in [-0.2, 0) is 9.84 Å². The van der Waals surface area contributed by atoms with Gasteiger partial charge in [-0.25, -0.2) is 12.8 Å². The summed E-state index contributed by atoms with van der Waals surface area (Å²) in [5, 5.41) is 0.739. The van der Waals surface area contributed by atoms with Crippen LogP contribution in [0.3, 0.4) is 0 Å². The van der Waals surface area contributed by atoms with Crippen LogP contribution in [0.15, 0.2) is 88.8 Å². The fourth-order valence-corrected chi connectivity index (χ4v) is 5.94. The lowest BCUT2D eigenvalue weighted by Crippen LogP contribution is -2.47. The summed E-state index contributed by atoms with van der Waals surface area (Å²) in [6.45, 7) is 4.97. The Labute approximate surface area is 204 Å². The first kappa shape index (κ1) is 23.1. The number of fused-ring (bicyclic) bond motifs is 1. The van der Waals surface area contributed by atoms with Crippen LogP contribution in [0.5, 0.6) is 5.75 Å². The van der Waals surface area contributed by atoms with E-state index in [-0.39, 0.29) is 15.6 Å². The first-order valence-corrected chi connectivity index (χ1v) is 13.1. The molecule has 0 aliphatic carbocycles. The van der Waals surface area contributed by atoms with Crippen molar-refractivity contribution in [1.29, 1.82) is 0 Å². The molecule has 180 valence electrons. The van der Waals surface area contributed by atoms with Gasteiger partial charge in [-0.1, -0.05) is 18.2 Å². The molecule has 6 nitrogen and oxygen atoms in total. The minimum Gasteiger partial charge on any atom is -0.494 e. The lowest BCUT2D eigenvalue weighted by atomic mass is 10.1. The van der Waals surface area contributed by atoms with Gasteiger partial charge in [0.25, 0.3) is 0 Å². The molecule has 1 fully saturated rings. The molecule has 0 N–H and O–H groups in total. The van der Waals surface area contributed by atoms with Crippen LogP contribution in [-0.4, -0.2) is 46.2 Å². The van der Waals surface area contributed by atoms with Crippen LogP contribution < -0.4 is 14.5 Å². The number of hydrogen-bond donors (Lipinski definition) is 0. The monoisotopic (exact) mass is 491 g/mol. The Bertz CT molecular complexity index is 1440. The number of aromatic nitrogens is 1. The van der Waals surface area contributed by atoms with Gasteiger partial charge < -0.3 is 14.5 Å². The topological polar surface area (TPSA) is 62.7 Å². The number of pyridine rings is 1. The second-order valence-corrected chi connectivity index (χ2v) is 10.3. The third-order valence-corrected chi connectivity index (χ3v) is 7.99. The Morgan fingerprint density at radius 3 is 2.29 bits per heavy atom. The first-order chi connectivity index (χ1) is 17.0. The molecule has 35 heavy (non-hydrogen) atoms. The smallest absolute Gasteiger partial charge is 0.210 e. The number of hydrogen-bond acceptors (Lipinski definition) is 6. The molecular weight excluding hydrogens is 465 g/mol. The van der Waals surface area contributed by atoms with Gasteiger partial charge in [0.1, 0.15) is 16.5 Å². The summed E-state index contributed by atoms with van der Waals surface area (Å²) in [5.74, 6) is 0.402. The van der Waals surface area contributed by atoms with E-state index >= 15 is 0 Å². The second kappa shape index (κ2) is 9.54. The highest BCUT2D eigenvalue weighted by atomic mass is 32.2. The normalized spacial score (nSPS) is 14.3. The van der Waals surface area contributed by atoms with E-state index in [1.807, 2.05) is 25.1 Å². The van der Waals surface area contributed by atoms with Gasteiger partial charge in [0.05, 0.1) is 22.7 Å². The van der Waals surface area contributed by atoms with E-state index in [1.54, 1.807) is 42.5 Å². The summed E-state index contributed by atoms with van der Waals surface area (Å²) in [7, 11) is -3.81. The average molecular weight is 492 g/mol. The summed E-state index contributed by atoms with van der Waals surface area (Å²) in [4.78, 5) is 9.19. The quantitative estimate of drug-likeness (QED) is 0.381. The minimum absolute atomic E-state index is 0.181. The zero-order chi connectivity index (χ0) is 24.4. The summed E-state index contributed by atoms with van der Waals surface area (Å²) < 4.78 is 46.5. The summed E-state index contributed by atoms with van der Waals surface area (Å²) >= 11 is 0. The Hall–Kier alpha value is -3.65. The van der Waals surface area contributed by atoms with Crippen molar-refractivity contribution < 1.29 is 17.5 Å². The number of nitrogens with zero attached hydrogens (tertiary/aromatic N) is 3. The molecule has 1 aromatic heterocycles. The third kappa shape index (κ3) is 4.53. The molecular formula is C27H26FN3O3S. The van der Waals surface area contributed by atoms with Crippen molar-refractivity contribution in [1.82, 2.24) is 4.98 Å². The molecule has 1 aliphatic heterocycles. The molecule has 1 saturated heterocycles. The number of halogens is 1. The van der Waals surface area contributed by atoms with Gasteiger partial charge in [0.2, 0.25) is 9.84 Å². The summed E-state index contributed by atoms with van der Waals surface area (Å²) in [5.41, 5.74) is 2.29. The Morgan fingerprint density at radius 1 is 0.914 bits per heavy atom. The van der Waals surface area contributed by atoms with E-state index in [0.29, 0.717) is 49.7 Å². The Morgan fingerprint density at radius 2 is 1.60 bits per heavy atom. The van der Waals surface area contributed by atoms with Crippen LogP contribution in [0.2, 0.25) is 0 Å². The van der Waals surface area contributed by atoms with Gasteiger partial charge in [-0.3, -0.25) is 4.98 Å². The van der Waals surface area contributed by atoms with E-state index in [1.165, 1.54) is 18.3 Å². The molecule has 4 aromatic rings. The van der Waals surface area contributed by atoms with Crippen LogP contribution in [0.1, 0.15) is 6.92 Å². The maximum Gasteiger partial charge on any atom is 0.210 e. The molecule has 0 bridgehead atoms. The van der Waals surface area contributed by atoms with E-state index in [9.17, 15) is 12.8 Å². The molecule has 2 heterocycles. The van der Waals surface area contributed by atoms with Gasteiger partial charge in [0, 0.05) is 43.4 Å². The van der Waals surface area contributed by atoms with Crippen molar-refractivity contribution in [3.05, 3.63) is 84.8 Å². The van der Waals surface area contributed by atoms with Crippen molar-refractivity contribution in [3.8, 4) is 5.75 Å². The van der Waals surface area contributed by atoms with Crippen molar-refractivity contribution in [2.75, 3.05) is 42.6 Å². The molecule has 8 heteroatoms. The molecule has 3 aromatic carbocycles. The lowest BCUT2D eigenvalue weighted by molar-refractivity contribution is 0.340. The maximum atomic E-state index is 13.7. The lowest BCUT2D eigenvalue weighted by Gasteiger charge is -2.38. The molecule has 0 unspecified atom stereocenters. The number of sulfone groups is 1. The van der Waals surface area contributed by atoms with Crippen LogP contribution in [0.4, 0.5) is 15.8 Å². The minimum atomic E-state index is -3.81. The highest BCUT2D eigenvalue weighted by molar-refractivity contribution is 7.91. The predicted molar refractivity (Wildman–Crippen MR) is 136 cm³/mol. The van der Waals surface area contributed by atoms with Crippen LogP contribution in [0.25, 0.3) is 10.9 Å². The van der Waals surface area contributed by atoms with E-state index in [4.69, 9.17) is 4.74 Å². The van der Waals surface area contributed by atoms with E-state index < -0.39 is 9.84 Å². The van der Waals surface area contributed by atoms with Crippen molar-refractivity contribution in [2.24, 2.45) is 0 Å². The fourth-order valence-electron chi connectivity index (χ4n) is 4.49. The summed E-state index contributed by atoms with van der Waals surface area (Å²) in [6.07, 6.45) is 1.46. The molecule has 0 saturated carbocycles. The molecule has 0 atom stereocenters. The third-order valence-electron chi connectivity index (χ3n) is 6.22. The fraction of sp³-hybridized carbons (Fsp3) is 0.222. The van der Waals surface area contributed by atoms with Gasteiger partial charge in [-0.15, -0.1) is 0 Å². The second-order valence-electron chi connectivity index (χ2n) is 8.35. The zero-order valence-corrected chi connectivity index (χ0v) is 20.2. The highest BCUT2D eigenvalue weighted by Crippen LogP contribution is 2.38. The number of rotatable bonds is 6. The van der Waals surface area contributed by atoms with Crippen molar-refractivity contribution in [2.45, 2.75) is 16.7 Å². The van der Waals surface area contributed by atoms with Crippen LogP contribution in [0, 0.1) is 5.82 Å². The SMILES string of the molecule is CCOc1ccc2ncc(S(=O)(=O)c3ccccc3)c(N3CCN(c4ccc(F)cc4)CC3)c2c1. The number of ether oxygens (including phenoxy) is 1. The largest absolute Gasteiger partial charge is 0.494 e. The van der Waals surface area contributed by atoms with Gasteiger partial charge >= 0.3 is 0 Å². The number of piperazine rings is 1. The molecule has 0 spiro atoms. The van der Waals surface area contributed by atoms with Gasteiger partial charge in [-0.2, -0.15) is 0 Å². The molecule has 0 amide bonds. The Balaban J connectivity index is 1.58. The number of anilines is 2. The van der Waals surface area contributed by atoms with Gasteiger partial charge in [0.15, 0.2) is 0 Å². The highest BCUT2D eigenvalue weighted by Gasteiger charge is 2.29. The molecule has 1 aliphatic rings. The van der Waals surface area contributed by atoms with Crippen molar-refractivity contribution >= 4 is 32.1 Å². The van der Waals surface area contributed by atoms with Crippen molar-refractivity contribution in [3.63, 3.8) is 0 Å². The van der Waals surface area contributed by atoms with E-state index in [2.05, 4.69) is 14.8 Å². The summed E-state index contributed by atoms with van der Waals surface area (Å²) in [6, 6.07) is 20.5. The van der Waals surface area contributed by atoms with Crippen LogP contribution >= 0.6 is 0 Å². The first-order valence-electron chi connectivity index (χ1n) is 11.6. The maximum absolute atomic E-state index is 13.7.